The van der Waals surface area contributed by atoms with E-state index in [4.69, 9.17) is 14.2 Å². The van der Waals surface area contributed by atoms with Gasteiger partial charge in [0, 0.05) is 17.7 Å². The number of hydrogen-bond acceptors (Lipinski definition) is 8. The molecule has 2 aromatic carbocycles. The van der Waals surface area contributed by atoms with Gasteiger partial charge in [0.2, 0.25) is 0 Å². The fourth-order valence-corrected chi connectivity index (χ4v) is 3.73. The lowest BCUT2D eigenvalue weighted by Gasteiger charge is -2.23. The SMILES string of the molecule is COc1ccc(COC(=O)[C@H](CC(=O)OC2CCCCC2)NC(=O)c2ccc([N+](=O)[O-])cc2)cc1. The van der Waals surface area contributed by atoms with Crippen molar-refractivity contribution in [3.63, 3.8) is 0 Å². The van der Waals surface area contributed by atoms with Crippen LogP contribution in [0.1, 0.15) is 54.4 Å². The number of nitrogens with one attached hydrogen (secondary N) is 1. The molecule has 1 fully saturated rings. The second-order valence-corrected chi connectivity index (χ2v) is 8.24. The van der Waals surface area contributed by atoms with E-state index in [0.29, 0.717) is 11.3 Å². The number of nitro groups is 1. The minimum Gasteiger partial charge on any atom is -0.497 e. The fourth-order valence-electron chi connectivity index (χ4n) is 3.73. The highest BCUT2D eigenvalue weighted by molar-refractivity contribution is 5.97. The summed E-state index contributed by atoms with van der Waals surface area (Å²) in [6.07, 6.45) is 4.00. The number of carbonyl (C=O) groups is 3. The number of hydrogen-bond donors (Lipinski definition) is 1. The van der Waals surface area contributed by atoms with Crippen molar-refractivity contribution in [3.05, 3.63) is 69.8 Å². The first-order chi connectivity index (χ1) is 16.9. The summed E-state index contributed by atoms with van der Waals surface area (Å²) in [7, 11) is 1.54. The van der Waals surface area contributed by atoms with Crippen molar-refractivity contribution in [2.24, 2.45) is 0 Å². The Labute approximate surface area is 202 Å². The molecule has 0 radical (unpaired) electrons. The van der Waals surface area contributed by atoms with E-state index in [0.717, 1.165) is 32.1 Å². The van der Waals surface area contributed by atoms with Crippen LogP contribution in [0, 0.1) is 10.1 Å². The first kappa shape index (κ1) is 25.7. The van der Waals surface area contributed by atoms with Crippen LogP contribution < -0.4 is 10.1 Å². The van der Waals surface area contributed by atoms with Crippen molar-refractivity contribution in [1.29, 1.82) is 0 Å². The standard InChI is InChI=1S/C25H28N2O8/c1-33-20-13-7-17(8-14-20)16-34-25(30)22(15-23(28)35-21-5-3-2-4-6-21)26-24(29)18-9-11-19(12-10-18)27(31)32/h7-14,21-22H,2-6,15-16H2,1H3,(H,26,29)/t22-/m0/s1. The fraction of sp³-hybridized carbons (Fsp3) is 0.400. The minimum absolute atomic E-state index is 0.0651. The van der Waals surface area contributed by atoms with E-state index in [1.807, 2.05) is 0 Å². The topological polar surface area (TPSA) is 134 Å². The molecule has 0 bridgehead atoms. The van der Waals surface area contributed by atoms with Crippen LogP contribution in [0.15, 0.2) is 48.5 Å². The summed E-state index contributed by atoms with van der Waals surface area (Å²) in [5.41, 5.74) is 0.627. The van der Waals surface area contributed by atoms with Gasteiger partial charge in [0.25, 0.3) is 11.6 Å². The highest BCUT2D eigenvalue weighted by Crippen LogP contribution is 2.21. The summed E-state index contributed by atoms with van der Waals surface area (Å²) >= 11 is 0. The van der Waals surface area contributed by atoms with Crippen LogP contribution in [-0.4, -0.2) is 42.0 Å². The maximum absolute atomic E-state index is 12.8. The van der Waals surface area contributed by atoms with Gasteiger partial charge in [-0.3, -0.25) is 19.7 Å². The lowest BCUT2D eigenvalue weighted by molar-refractivity contribution is -0.384. The van der Waals surface area contributed by atoms with Gasteiger partial charge in [-0.05, 0) is 55.5 Å². The molecule has 1 aliphatic carbocycles. The minimum atomic E-state index is -1.29. The Bertz CT molecular complexity index is 1030. The summed E-state index contributed by atoms with van der Waals surface area (Å²) in [4.78, 5) is 48.3. The van der Waals surface area contributed by atoms with Gasteiger partial charge in [0.05, 0.1) is 18.5 Å². The Morgan fingerprint density at radius 3 is 2.29 bits per heavy atom. The molecular formula is C25H28N2O8. The van der Waals surface area contributed by atoms with Crippen LogP contribution >= 0.6 is 0 Å². The van der Waals surface area contributed by atoms with Crippen molar-refractivity contribution in [3.8, 4) is 5.75 Å². The van der Waals surface area contributed by atoms with Gasteiger partial charge in [-0.25, -0.2) is 4.79 Å². The van der Waals surface area contributed by atoms with Gasteiger partial charge in [-0.15, -0.1) is 0 Å². The summed E-state index contributed by atoms with van der Waals surface area (Å²) in [5.74, 6) is -1.42. The van der Waals surface area contributed by atoms with Crippen LogP contribution in [0.3, 0.4) is 0 Å². The normalized spacial score (nSPS) is 14.4. The number of benzene rings is 2. The van der Waals surface area contributed by atoms with E-state index in [2.05, 4.69) is 5.32 Å². The molecule has 1 amide bonds. The summed E-state index contributed by atoms with van der Waals surface area (Å²) < 4.78 is 16.0. The van der Waals surface area contributed by atoms with Crippen molar-refractivity contribution < 1.29 is 33.5 Å². The number of esters is 2. The molecular weight excluding hydrogens is 456 g/mol. The predicted molar refractivity (Wildman–Crippen MR) is 125 cm³/mol. The van der Waals surface area contributed by atoms with Gasteiger partial charge >= 0.3 is 11.9 Å². The number of nitro benzene ring substituents is 1. The van der Waals surface area contributed by atoms with Gasteiger partial charge in [-0.1, -0.05) is 18.6 Å². The molecule has 0 aliphatic heterocycles. The van der Waals surface area contributed by atoms with E-state index >= 15 is 0 Å². The van der Waals surface area contributed by atoms with Crippen LogP contribution in [-0.2, 0) is 25.7 Å². The third-order valence-electron chi connectivity index (χ3n) is 5.69. The van der Waals surface area contributed by atoms with Crippen LogP contribution in [0.5, 0.6) is 5.75 Å². The average molecular weight is 485 g/mol. The molecule has 35 heavy (non-hydrogen) atoms. The maximum atomic E-state index is 12.8. The molecule has 2 aromatic rings. The Kier molecular flexibility index (Phi) is 9.16. The lowest BCUT2D eigenvalue weighted by Crippen LogP contribution is -2.43. The molecule has 186 valence electrons. The number of rotatable bonds is 10. The van der Waals surface area contributed by atoms with Crippen LogP contribution in [0.25, 0.3) is 0 Å². The summed E-state index contributed by atoms with van der Waals surface area (Å²) in [6.45, 7) is -0.0651. The number of methoxy groups -OCH3 is 1. The maximum Gasteiger partial charge on any atom is 0.329 e. The molecule has 1 saturated carbocycles. The van der Waals surface area contributed by atoms with E-state index in [1.54, 1.807) is 31.4 Å². The van der Waals surface area contributed by atoms with E-state index < -0.39 is 35.2 Å². The van der Waals surface area contributed by atoms with Gasteiger partial charge in [-0.2, -0.15) is 0 Å². The van der Waals surface area contributed by atoms with Crippen molar-refractivity contribution in [2.75, 3.05) is 7.11 Å². The van der Waals surface area contributed by atoms with E-state index in [1.165, 1.54) is 24.3 Å². The molecule has 0 unspecified atom stereocenters. The third kappa shape index (κ3) is 7.80. The van der Waals surface area contributed by atoms with Gasteiger partial charge in [0.1, 0.15) is 24.5 Å². The molecule has 3 rings (SSSR count). The first-order valence-corrected chi connectivity index (χ1v) is 11.4. The lowest BCUT2D eigenvalue weighted by atomic mass is 9.98. The molecule has 10 nitrogen and oxygen atoms in total. The quantitative estimate of drug-likeness (QED) is 0.306. The second kappa shape index (κ2) is 12.5. The summed E-state index contributed by atoms with van der Waals surface area (Å²) in [5, 5.41) is 13.3. The Morgan fingerprint density at radius 1 is 1.03 bits per heavy atom. The monoisotopic (exact) mass is 484 g/mol. The zero-order valence-electron chi connectivity index (χ0n) is 19.4. The largest absolute Gasteiger partial charge is 0.497 e. The van der Waals surface area contributed by atoms with Crippen molar-refractivity contribution in [2.45, 2.75) is 57.3 Å². The average Bonchev–Trinajstić information content (AvgIpc) is 2.87. The van der Waals surface area contributed by atoms with Gasteiger partial charge in [0.15, 0.2) is 0 Å². The molecule has 10 heteroatoms. The highest BCUT2D eigenvalue weighted by Gasteiger charge is 2.28. The molecule has 1 aliphatic rings. The highest BCUT2D eigenvalue weighted by atomic mass is 16.6. The second-order valence-electron chi connectivity index (χ2n) is 8.24. The zero-order valence-corrected chi connectivity index (χ0v) is 19.4. The van der Waals surface area contributed by atoms with Crippen LogP contribution in [0.4, 0.5) is 5.69 Å². The Balaban J connectivity index is 1.66. The predicted octanol–water partition coefficient (Wildman–Crippen LogP) is 3.71. The zero-order chi connectivity index (χ0) is 25.2. The molecule has 0 heterocycles. The Hall–Kier alpha value is -3.95. The number of amides is 1. The molecule has 0 saturated heterocycles. The van der Waals surface area contributed by atoms with Crippen LogP contribution in [0.2, 0.25) is 0 Å². The van der Waals surface area contributed by atoms with E-state index in [9.17, 15) is 24.5 Å². The van der Waals surface area contributed by atoms with E-state index in [-0.39, 0.29) is 24.0 Å². The van der Waals surface area contributed by atoms with Gasteiger partial charge < -0.3 is 19.5 Å². The molecule has 1 atom stereocenters. The number of carbonyl (C=O) groups excluding carboxylic acids is 3. The van der Waals surface area contributed by atoms with Crippen molar-refractivity contribution >= 4 is 23.5 Å². The number of ether oxygens (including phenoxy) is 3. The molecule has 0 spiro atoms. The third-order valence-corrected chi connectivity index (χ3v) is 5.69. The smallest absolute Gasteiger partial charge is 0.329 e. The Morgan fingerprint density at radius 2 is 1.69 bits per heavy atom. The first-order valence-electron chi connectivity index (χ1n) is 11.4. The molecule has 1 N–H and O–H groups in total. The summed E-state index contributed by atoms with van der Waals surface area (Å²) in [6, 6.07) is 10.5. The number of nitrogens with zero attached hydrogens (tertiary/aromatic N) is 1. The molecule has 0 aromatic heterocycles. The number of non-ortho nitro benzene ring substituents is 1. The van der Waals surface area contributed by atoms with Crippen molar-refractivity contribution in [1.82, 2.24) is 5.32 Å².